The number of hydrogen-bond acceptors (Lipinski definition) is 4. The van der Waals surface area contributed by atoms with Gasteiger partial charge < -0.3 is 15.6 Å². The Morgan fingerprint density at radius 3 is 2.93 bits per heavy atom. The van der Waals surface area contributed by atoms with Gasteiger partial charge in [-0.25, -0.2) is 0 Å². The lowest BCUT2D eigenvalue weighted by Gasteiger charge is -2.08. The van der Waals surface area contributed by atoms with Crippen molar-refractivity contribution in [1.82, 2.24) is 0 Å². The molecule has 3 N–H and O–H groups in total. The normalized spacial score (nSPS) is 12.2. The van der Waals surface area contributed by atoms with E-state index in [-0.39, 0.29) is 6.61 Å². The van der Waals surface area contributed by atoms with Gasteiger partial charge in [-0.1, -0.05) is 23.7 Å². The molecule has 0 radical (unpaired) electrons. The first-order valence-corrected chi connectivity index (χ1v) is 4.79. The van der Waals surface area contributed by atoms with Crippen LogP contribution < -0.4 is 5.73 Å². The number of rotatable bonds is 4. The Morgan fingerprint density at radius 2 is 2.33 bits per heavy atom. The van der Waals surface area contributed by atoms with Gasteiger partial charge in [0.05, 0.1) is 6.61 Å². The van der Waals surface area contributed by atoms with Crippen molar-refractivity contribution in [3.63, 3.8) is 0 Å². The van der Waals surface area contributed by atoms with Gasteiger partial charge in [0.25, 0.3) is 0 Å². The molecule has 4 nitrogen and oxygen atoms in total. The molecule has 0 heterocycles. The van der Waals surface area contributed by atoms with Crippen LogP contribution in [0, 0.1) is 0 Å². The van der Waals surface area contributed by atoms with Crippen LogP contribution in [-0.2, 0) is 16.1 Å². The predicted molar refractivity (Wildman–Crippen MR) is 56.3 cm³/mol. The van der Waals surface area contributed by atoms with Crippen LogP contribution in [0.3, 0.4) is 0 Å². The van der Waals surface area contributed by atoms with Gasteiger partial charge in [0.1, 0.15) is 12.6 Å². The van der Waals surface area contributed by atoms with E-state index in [1.807, 2.05) is 0 Å². The maximum Gasteiger partial charge on any atom is 0.325 e. The first-order valence-electron chi connectivity index (χ1n) is 4.41. The van der Waals surface area contributed by atoms with Crippen molar-refractivity contribution in [2.75, 3.05) is 6.61 Å². The molecule has 0 spiro atoms. The number of benzene rings is 1. The van der Waals surface area contributed by atoms with Gasteiger partial charge in [-0.05, 0) is 17.7 Å². The fourth-order valence-corrected chi connectivity index (χ4v) is 1.18. The molecule has 0 saturated carbocycles. The second-order valence-electron chi connectivity index (χ2n) is 3.03. The number of hydrogen-bond donors (Lipinski definition) is 2. The third-order valence-electron chi connectivity index (χ3n) is 1.77. The molecular weight excluding hydrogens is 218 g/mol. The number of ether oxygens (including phenoxy) is 1. The summed E-state index contributed by atoms with van der Waals surface area (Å²) in [6.45, 7) is -0.318. The summed E-state index contributed by atoms with van der Waals surface area (Å²) in [7, 11) is 0. The maximum atomic E-state index is 11.1. The molecule has 1 atom stereocenters. The summed E-state index contributed by atoms with van der Waals surface area (Å²) in [5, 5.41) is 9.18. The largest absolute Gasteiger partial charge is 0.460 e. The van der Waals surface area contributed by atoms with Gasteiger partial charge in [0.15, 0.2) is 0 Å². The summed E-state index contributed by atoms with van der Waals surface area (Å²) in [5.74, 6) is -0.627. The van der Waals surface area contributed by atoms with Gasteiger partial charge in [-0.2, -0.15) is 0 Å². The Hall–Kier alpha value is -1.10. The Morgan fingerprint density at radius 1 is 1.60 bits per heavy atom. The monoisotopic (exact) mass is 229 g/mol. The van der Waals surface area contributed by atoms with Crippen LogP contribution in [0.15, 0.2) is 24.3 Å². The summed E-state index contributed by atoms with van der Waals surface area (Å²) in [4.78, 5) is 11.1. The fraction of sp³-hybridized carbons (Fsp3) is 0.300. The van der Waals surface area contributed by atoms with E-state index in [9.17, 15) is 4.79 Å². The van der Waals surface area contributed by atoms with Gasteiger partial charge in [0, 0.05) is 5.02 Å². The van der Waals surface area contributed by atoms with Crippen LogP contribution in [0.5, 0.6) is 0 Å². The van der Waals surface area contributed by atoms with E-state index >= 15 is 0 Å². The molecule has 1 aromatic rings. The summed E-state index contributed by atoms with van der Waals surface area (Å²) in [6.07, 6.45) is 0. The molecule has 82 valence electrons. The Bertz CT molecular complexity index is 343. The zero-order valence-corrected chi connectivity index (χ0v) is 8.78. The van der Waals surface area contributed by atoms with Crippen molar-refractivity contribution < 1.29 is 14.6 Å². The van der Waals surface area contributed by atoms with Crippen molar-refractivity contribution in [2.45, 2.75) is 12.6 Å². The lowest BCUT2D eigenvalue weighted by Crippen LogP contribution is -2.35. The number of nitrogens with two attached hydrogens (primary N) is 1. The Kier molecular flexibility index (Phi) is 4.55. The van der Waals surface area contributed by atoms with E-state index in [1.54, 1.807) is 24.3 Å². The number of aliphatic hydroxyl groups excluding tert-OH is 1. The molecule has 0 aromatic heterocycles. The second kappa shape index (κ2) is 5.70. The highest BCUT2D eigenvalue weighted by Gasteiger charge is 2.13. The van der Waals surface area contributed by atoms with E-state index < -0.39 is 18.6 Å². The van der Waals surface area contributed by atoms with Crippen LogP contribution in [0.2, 0.25) is 5.02 Å². The van der Waals surface area contributed by atoms with Crippen LogP contribution in [0.4, 0.5) is 0 Å². The van der Waals surface area contributed by atoms with Gasteiger partial charge in [0.2, 0.25) is 0 Å². The van der Waals surface area contributed by atoms with Crippen LogP contribution in [0.1, 0.15) is 5.56 Å². The molecule has 0 aliphatic heterocycles. The summed E-state index contributed by atoms with van der Waals surface area (Å²) < 4.78 is 4.85. The van der Waals surface area contributed by atoms with E-state index in [4.69, 9.17) is 27.2 Å². The molecule has 0 aliphatic carbocycles. The van der Waals surface area contributed by atoms with E-state index in [0.29, 0.717) is 5.02 Å². The van der Waals surface area contributed by atoms with Gasteiger partial charge in [-0.15, -0.1) is 0 Å². The van der Waals surface area contributed by atoms with Crippen molar-refractivity contribution in [1.29, 1.82) is 0 Å². The van der Waals surface area contributed by atoms with Crippen molar-refractivity contribution in [2.24, 2.45) is 5.73 Å². The van der Waals surface area contributed by atoms with Crippen LogP contribution in [-0.4, -0.2) is 23.7 Å². The molecule has 1 unspecified atom stereocenters. The molecule has 15 heavy (non-hydrogen) atoms. The topological polar surface area (TPSA) is 72.5 Å². The highest BCUT2D eigenvalue weighted by atomic mass is 35.5. The maximum absolute atomic E-state index is 11.1. The molecule has 0 fully saturated rings. The summed E-state index contributed by atoms with van der Waals surface area (Å²) >= 11 is 5.74. The smallest absolute Gasteiger partial charge is 0.325 e. The molecule has 1 rings (SSSR count). The van der Waals surface area contributed by atoms with Crippen molar-refractivity contribution in [3.8, 4) is 0 Å². The highest BCUT2D eigenvalue weighted by molar-refractivity contribution is 6.30. The molecule has 0 bridgehead atoms. The lowest BCUT2D eigenvalue weighted by molar-refractivity contribution is -0.147. The van der Waals surface area contributed by atoms with E-state index in [0.717, 1.165) is 5.56 Å². The minimum absolute atomic E-state index is 0.104. The minimum atomic E-state index is -0.982. The molecule has 0 saturated heterocycles. The fourth-order valence-electron chi connectivity index (χ4n) is 0.963. The molecule has 0 aliphatic rings. The molecule has 5 heteroatoms. The second-order valence-corrected chi connectivity index (χ2v) is 3.46. The van der Waals surface area contributed by atoms with Crippen molar-refractivity contribution >= 4 is 17.6 Å². The average molecular weight is 230 g/mol. The lowest BCUT2D eigenvalue weighted by atomic mass is 10.2. The molecule has 0 amide bonds. The van der Waals surface area contributed by atoms with Crippen molar-refractivity contribution in [3.05, 3.63) is 34.9 Å². The zero-order chi connectivity index (χ0) is 11.3. The number of aliphatic hydroxyl groups is 1. The highest BCUT2D eigenvalue weighted by Crippen LogP contribution is 2.11. The van der Waals surface area contributed by atoms with Crippen LogP contribution >= 0.6 is 11.6 Å². The third kappa shape index (κ3) is 3.87. The SMILES string of the molecule is NC(CO)C(=O)OCc1cccc(Cl)c1. The minimum Gasteiger partial charge on any atom is -0.460 e. The first kappa shape index (κ1) is 12.0. The van der Waals surface area contributed by atoms with E-state index in [2.05, 4.69) is 0 Å². The third-order valence-corrected chi connectivity index (χ3v) is 2.00. The number of carbonyl (C=O) groups is 1. The first-order chi connectivity index (χ1) is 7.13. The molecule has 1 aromatic carbocycles. The average Bonchev–Trinajstić information content (AvgIpc) is 2.25. The van der Waals surface area contributed by atoms with Gasteiger partial charge in [-0.3, -0.25) is 4.79 Å². The standard InChI is InChI=1S/C10H12ClNO3/c11-8-3-1-2-7(4-8)6-15-10(14)9(12)5-13/h1-4,9,13H,5-6,12H2. The summed E-state index contributed by atoms with van der Waals surface area (Å²) in [5.41, 5.74) is 6.04. The number of halogens is 1. The van der Waals surface area contributed by atoms with Gasteiger partial charge >= 0.3 is 5.97 Å². The zero-order valence-electron chi connectivity index (χ0n) is 8.02. The number of esters is 1. The predicted octanol–water partition coefficient (Wildman–Crippen LogP) is 0.703. The number of carbonyl (C=O) groups excluding carboxylic acids is 1. The van der Waals surface area contributed by atoms with Crippen LogP contribution in [0.25, 0.3) is 0 Å². The van der Waals surface area contributed by atoms with E-state index in [1.165, 1.54) is 0 Å². The quantitative estimate of drug-likeness (QED) is 0.746. The summed E-state index contributed by atoms with van der Waals surface area (Å²) in [6, 6.07) is 5.98. The molecular formula is C10H12ClNO3. The Labute approximate surface area is 92.6 Å². The Balaban J connectivity index is 2.47.